The van der Waals surface area contributed by atoms with Crippen molar-refractivity contribution < 1.29 is 9.90 Å². The molecule has 0 heterocycles. The fourth-order valence-electron chi connectivity index (χ4n) is 1.31. The van der Waals surface area contributed by atoms with Gasteiger partial charge in [0.2, 0.25) is 0 Å². The van der Waals surface area contributed by atoms with Gasteiger partial charge < -0.3 is 10.8 Å². The third-order valence-corrected chi connectivity index (χ3v) is 1.95. The quantitative estimate of drug-likeness (QED) is 0.618. The number of Topliss-reactive ketones (excluding diaryl/α,β-unsaturated/α-hetero) is 1. The summed E-state index contributed by atoms with van der Waals surface area (Å²) in [6.45, 7) is 3.38. The molecule has 3 nitrogen and oxygen atoms in total. The van der Waals surface area contributed by atoms with Crippen molar-refractivity contribution >= 4 is 5.78 Å². The van der Waals surface area contributed by atoms with Gasteiger partial charge in [-0.3, -0.25) is 4.79 Å². The van der Waals surface area contributed by atoms with E-state index in [1.54, 1.807) is 6.08 Å². The van der Waals surface area contributed by atoms with Crippen LogP contribution in [0, 0.1) is 5.92 Å². The molecule has 1 aliphatic carbocycles. The summed E-state index contributed by atoms with van der Waals surface area (Å²) >= 11 is 0. The minimum absolute atomic E-state index is 0.0920. The molecule has 0 aromatic rings. The zero-order valence-corrected chi connectivity index (χ0v) is 7.29. The van der Waals surface area contributed by atoms with E-state index in [1.807, 2.05) is 6.92 Å². The number of allylic oxidation sites excluding steroid dienone is 3. The molecule has 0 spiro atoms. The average Bonchev–Trinajstić information content (AvgIpc) is 1.96. The van der Waals surface area contributed by atoms with Crippen LogP contribution in [0.25, 0.3) is 0 Å². The molecular weight excluding hydrogens is 154 g/mol. The monoisotopic (exact) mass is 167 g/mol. The van der Waals surface area contributed by atoms with E-state index < -0.39 is 0 Å². The van der Waals surface area contributed by atoms with Crippen LogP contribution >= 0.6 is 0 Å². The molecule has 0 fully saturated rings. The van der Waals surface area contributed by atoms with Crippen LogP contribution in [0.1, 0.15) is 20.3 Å². The van der Waals surface area contributed by atoms with Gasteiger partial charge in [0.15, 0.2) is 5.78 Å². The number of rotatable bonds is 1. The summed E-state index contributed by atoms with van der Waals surface area (Å²) in [6.07, 6.45) is 2.33. The molecule has 0 saturated heterocycles. The molecule has 3 heteroatoms. The first kappa shape index (κ1) is 8.84. The third kappa shape index (κ3) is 1.49. The topological polar surface area (TPSA) is 63.3 Å². The van der Waals surface area contributed by atoms with Gasteiger partial charge >= 0.3 is 0 Å². The van der Waals surface area contributed by atoms with Gasteiger partial charge in [0.1, 0.15) is 5.76 Å². The molecule has 12 heavy (non-hydrogen) atoms. The van der Waals surface area contributed by atoms with Crippen LogP contribution in [-0.4, -0.2) is 10.9 Å². The third-order valence-electron chi connectivity index (χ3n) is 1.95. The lowest BCUT2D eigenvalue weighted by Gasteiger charge is -2.17. The maximum absolute atomic E-state index is 11.0. The molecule has 0 bridgehead atoms. The molecule has 1 rings (SSSR count). The summed E-state index contributed by atoms with van der Waals surface area (Å²) in [4.78, 5) is 11.0. The number of carbonyl (C=O) groups excluding carboxylic acids is 1. The maximum atomic E-state index is 11.0. The first-order chi connectivity index (χ1) is 5.52. The zero-order chi connectivity index (χ0) is 9.30. The Balaban J connectivity index is 3.04. The van der Waals surface area contributed by atoms with Gasteiger partial charge in [0.05, 0.1) is 5.70 Å². The Bertz CT molecular complexity index is 276. The van der Waals surface area contributed by atoms with Crippen molar-refractivity contribution in [2.75, 3.05) is 0 Å². The Labute approximate surface area is 71.6 Å². The van der Waals surface area contributed by atoms with Gasteiger partial charge in [0, 0.05) is 12.0 Å². The first-order valence-corrected chi connectivity index (χ1v) is 3.93. The minimum atomic E-state index is -0.0920. The number of hydrogen-bond acceptors (Lipinski definition) is 3. The summed E-state index contributed by atoms with van der Waals surface area (Å²) in [6, 6.07) is 0. The average molecular weight is 167 g/mol. The second-order valence-electron chi connectivity index (χ2n) is 3.18. The summed E-state index contributed by atoms with van der Waals surface area (Å²) < 4.78 is 0. The van der Waals surface area contributed by atoms with Crippen LogP contribution in [-0.2, 0) is 4.79 Å². The van der Waals surface area contributed by atoms with Gasteiger partial charge in [-0.2, -0.15) is 0 Å². The lowest BCUT2D eigenvalue weighted by molar-refractivity contribution is -0.113. The Kier molecular flexibility index (Phi) is 2.22. The molecule has 1 unspecified atom stereocenters. The van der Waals surface area contributed by atoms with E-state index in [-0.39, 0.29) is 23.2 Å². The van der Waals surface area contributed by atoms with Crippen molar-refractivity contribution in [2.24, 2.45) is 11.7 Å². The van der Waals surface area contributed by atoms with Gasteiger partial charge in [-0.05, 0) is 12.8 Å². The van der Waals surface area contributed by atoms with E-state index in [0.29, 0.717) is 12.0 Å². The minimum Gasteiger partial charge on any atom is -0.510 e. The molecule has 0 aromatic heterocycles. The van der Waals surface area contributed by atoms with E-state index in [9.17, 15) is 9.90 Å². The van der Waals surface area contributed by atoms with Gasteiger partial charge in [-0.1, -0.05) is 13.0 Å². The van der Waals surface area contributed by atoms with Crippen molar-refractivity contribution in [1.29, 1.82) is 0 Å². The fourth-order valence-corrected chi connectivity index (χ4v) is 1.31. The van der Waals surface area contributed by atoms with E-state index in [2.05, 4.69) is 0 Å². The Morgan fingerprint density at radius 1 is 1.75 bits per heavy atom. The number of aliphatic hydroxyl groups excluding tert-OH is 1. The van der Waals surface area contributed by atoms with Crippen LogP contribution < -0.4 is 5.73 Å². The Morgan fingerprint density at radius 2 is 2.33 bits per heavy atom. The van der Waals surface area contributed by atoms with Crippen LogP contribution in [0.5, 0.6) is 0 Å². The first-order valence-electron chi connectivity index (χ1n) is 3.93. The van der Waals surface area contributed by atoms with Crippen LogP contribution in [0.4, 0.5) is 0 Å². The van der Waals surface area contributed by atoms with E-state index in [4.69, 9.17) is 5.73 Å². The maximum Gasteiger partial charge on any atom is 0.161 e. The second kappa shape index (κ2) is 3.01. The van der Waals surface area contributed by atoms with Gasteiger partial charge in [-0.15, -0.1) is 0 Å². The summed E-state index contributed by atoms with van der Waals surface area (Å²) in [5, 5.41) is 9.33. The Morgan fingerprint density at radius 3 is 2.83 bits per heavy atom. The molecule has 1 aliphatic rings. The predicted molar refractivity (Wildman–Crippen MR) is 46.4 cm³/mol. The molecule has 0 saturated carbocycles. The largest absolute Gasteiger partial charge is 0.510 e. The highest BCUT2D eigenvalue weighted by molar-refractivity contribution is 5.97. The summed E-state index contributed by atoms with van der Waals surface area (Å²) in [5.74, 6) is 0.233. The number of hydrogen-bond donors (Lipinski definition) is 2. The van der Waals surface area contributed by atoms with Gasteiger partial charge in [-0.25, -0.2) is 0 Å². The summed E-state index contributed by atoms with van der Waals surface area (Å²) in [5.41, 5.74) is 6.21. The second-order valence-corrected chi connectivity index (χ2v) is 3.18. The van der Waals surface area contributed by atoms with Gasteiger partial charge in [0.25, 0.3) is 0 Å². The van der Waals surface area contributed by atoms with Crippen molar-refractivity contribution in [3.05, 3.63) is 23.1 Å². The number of carbonyl (C=O) groups is 1. The molecule has 66 valence electrons. The molecule has 0 amide bonds. The molecule has 3 N–H and O–H groups in total. The highest BCUT2D eigenvalue weighted by Crippen LogP contribution is 2.24. The van der Waals surface area contributed by atoms with Crippen LogP contribution in [0.2, 0.25) is 0 Å². The molecular formula is C9H13NO2. The normalized spacial score (nSPS) is 23.8. The summed E-state index contributed by atoms with van der Waals surface area (Å²) in [7, 11) is 0. The Hall–Kier alpha value is -1.25. The predicted octanol–water partition coefficient (Wildman–Crippen LogP) is 1.27. The van der Waals surface area contributed by atoms with E-state index in [0.717, 1.165) is 0 Å². The van der Waals surface area contributed by atoms with Crippen LogP contribution in [0.3, 0.4) is 0 Å². The van der Waals surface area contributed by atoms with Crippen molar-refractivity contribution in [1.82, 2.24) is 0 Å². The van der Waals surface area contributed by atoms with Crippen LogP contribution in [0.15, 0.2) is 23.1 Å². The highest BCUT2D eigenvalue weighted by atomic mass is 16.3. The lowest BCUT2D eigenvalue weighted by Crippen LogP contribution is -2.17. The van der Waals surface area contributed by atoms with E-state index >= 15 is 0 Å². The number of ketones is 1. The standard InChI is InChI=1S/C9H13NO2/c1-5-3-7(6(2)11)9(10)8(12)4-5/h3,5,12H,4,10H2,1-2H3. The lowest BCUT2D eigenvalue weighted by atomic mass is 9.92. The highest BCUT2D eigenvalue weighted by Gasteiger charge is 2.19. The fraction of sp³-hybridized carbons (Fsp3) is 0.444. The molecule has 1 atom stereocenters. The molecule has 0 aromatic carbocycles. The van der Waals surface area contributed by atoms with Crippen molar-refractivity contribution in [3.63, 3.8) is 0 Å². The number of aliphatic hydroxyl groups is 1. The zero-order valence-electron chi connectivity index (χ0n) is 7.29. The SMILES string of the molecule is CC(=O)C1=CC(C)CC(O)=C1N. The van der Waals surface area contributed by atoms with Crippen molar-refractivity contribution in [2.45, 2.75) is 20.3 Å². The van der Waals surface area contributed by atoms with E-state index in [1.165, 1.54) is 6.92 Å². The molecule has 0 radical (unpaired) electrons. The smallest absolute Gasteiger partial charge is 0.161 e. The number of nitrogens with two attached hydrogens (primary N) is 1. The van der Waals surface area contributed by atoms with Crippen molar-refractivity contribution in [3.8, 4) is 0 Å². The molecule has 0 aliphatic heterocycles.